The van der Waals surface area contributed by atoms with Gasteiger partial charge >= 0.3 is 0 Å². The molecule has 1 aromatic rings. The third-order valence-corrected chi connectivity index (χ3v) is 2.00. The normalized spacial score (nSPS) is 16.4. The van der Waals surface area contributed by atoms with Gasteiger partial charge in [-0.05, 0) is 12.8 Å². The Bertz CT molecular complexity index is 340. The van der Waals surface area contributed by atoms with Crippen LogP contribution in [0.1, 0.15) is 30.3 Å². The molecule has 2 rings (SSSR count). The summed E-state index contributed by atoms with van der Waals surface area (Å²) in [4.78, 5) is 17.9. The third-order valence-electron chi connectivity index (χ3n) is 2.00. The van der Waals surface area contributed by atoms with E-state index >= 15 is 0 Å². The fourth-order valence-corrected chi connectivity index (χ4v) is 1.21. The molecule has 1 saturated carbocycles. The fraction of sp³-hybridized carbons (Fsp3) is 0.500. The van der Waals surface area contributed by atoms with Gasteiger partial charge in [0, 0.05) is 12.0 Å². The van der Waals surface area contributed by atoms with Crippen molar-refractivity contribution < 1.29 is 0 Å². The first-order chi connectivity index (χ1) is 5.79. The molecule has 0 aliphatic heterocycles. The molecule has 0 amide bonds. The molecule has 4 heteroatoms. The van der Waals surface area contributed by atoms with Crippen LogP contribution in [0.5, 0.6) is 0 Å². The maximum Gasteiger partial charge on any atom is 0.251 e. The lowest BCUT2D eigenvalue weighted by atomic mass is 10.3. The van der Waals surface area contributed by atoms with E-state index in [1.165, 1.54) is 0 Å². The molecule has 0 spiro atoms. The van der Waals surface area contributed by atoms with Crippen molar-refractivity contribution in [3.63, 3.8) is 0 Å². The van der Waals surface area contributed by atoms with Gasteiger partial charge in [-0.1, -0.05) is 0 Å². The Kier molecular flexibility index (Phi) is 1.69. The van der Waals surface area contributed by atoms with E-state index in [1.54, 1.807) is 6.07 Å². The molecule has 3 N–H and O–H groups in total. The van der Waals surface area contributed by atoms with Crippen LogP contribution in [0, 0.1) is 0 Å². The van der Waals surface area contributed by atoms with Gasteiger partial charge < -0.3 is 10.7 Å². The van der Waals surface area contributed by atoms with Crippen molar-refractivity contribution in [1.29, 1.82) is 0 Å². The summed E-state index contributed by atoms with van der Waals surface area (Å²) in [6.45, 7) is 0.301. The number of hydrogen-bond donors (Lipinski definition) is 2. The van der Waals surface area contributed by atoms with Crippen molar-refractivity contribution in [3.05, 3.63) is 27.9 Å². The Hall–Kier alpha value is -1.16. The highest BCUT2D eigenvalue weighted by molar-refractivity contribution is 5.13. The Labute approximate surface area is 69.8 Å². The number of H-pyrrole nitrogens is 1. The van der Waals surface area contributed by atoms with E-state index in [4.69, 9.17) is 5.73 Å². The second-order valence-corrected chi connectivity index (χ2v) is 3.10. The molecule has 0 unspecified atom stereocenters. The lowest BCUT2D eigenvalue weighted by Crippen LogP contribution is -2.14. The van der Waals surface area contributed by atoms with Gasteiger partial charge in [-0.15, -0.1) is 0 Å². The Morgan fingerprint density at radius 1 is 1.67 bits per heavy atom. The van der Waals surface area contributed by atoms with Crippen molar-refractivity contribution in [3.8, 4) is 0 Å². The molecule has 1 aliphatic rings. The van der Waals surface area contributed by atoms with E-state index in [9.17, 15) is 4.79 Å². The molecule has 0 atom stereocenters. The third kappa shape index (κ3) is 1.38. The van der Waals surface area contributed by atoms with Crippen molar-refractivity contribution >= 4 is 0 Å². The maximum atomic E-state index is 11.1. The van der Waals surface area contributed by atoms with E-state index < -0.39 is 0 Å². The number of nitrogens with zero attached hydrogens (tertiary/aromatic N) is 1. The zero-order chi connectivity index (χ0) is 8.55. The summed E-state index contributed by atoms with van der Waals surface area (Å²) in [6.07, 6.45) is 2.31. The standard InChI is InChI=1S/C8H11N3O/c9-4-7-10-6(5-1-2-5)3-8(12)11-7/h3,5H,1-2,4,9H2,(H,10,11,12). The first kappa shape index (κ1) is 7.49. The minimum absolute atomic E-state index is 0.0904. The van der Waals surface area contributed by atoms with Crippen LogP contribution in [0.15, 0.2) is 10.9 Å². The number of rotatable bonds is 2. The van der Waals surface area contributed by atoms with E-state index in [2.05, 4.69) is 9.97 Å². The minimum atomic E-state index is -0.0904. The summed E-state index contributed by atoms with van der Waals surface area (Å²) in [6, 6.07) is 1.57. The van der Waals surface area contributed by atoms with E-state index in [-0.39, 0.29) is 5.56 Å². The summed E-state index contributed by atoms with van der Waals surface area (Å²) in [5.41, 5.74) is 6.19. The summed E-state index contributed by atoms with van der Waals surface area (Å²) in [7, 11) is 0. The highest BCUT2D eigenvalue weighted by atomic mass is 16.1. The average Bonchev–Trinajstić information content (AvgIpc) is 2.85. The fourth-order valence-electron chi connectivity index (χ4n) is 1.21. The van der Waals surface area contributed by atoms with Crippen LogP contribution in [0.3, 0.4) is 0 Å². The Morgan fingerprint density at radius 3 is 3.00 bits per heavy atom. The molecular formula is C8H11N3O. The first-order valence-corrected chi connectivity index (χ1v) is 4.10. The highest BCUT2D eigenvalue weighted by Crippen LogP contribution is 2.38. The summed E-state index contributed by atoms with van der Waals surface area (Å²) in [5, 5.41) is 0. The van der Waals surface area contributed by atoms with Crippen molar-refractivity contribution in [2.45, 2.75) is 25.3 Å². The van der Waals surface area contributed by atoms with Crippen LogP contribution in [-0.2, 0) is 6.54 Å². The number of hydrogen-bond acceptors (Lipinski definition) is 3. The van der Waals surface area contributed by atoms with Crippen LogP contribution < -0.4 is 11.3 Å². The van der Waals surface area contributed by atoms with Crippen LogP contribution >= 0.6 is 0 Å². The van der Waals surface area contributed by atoms with Crippen LogP contribution in [0.25, 0.3) is 0 Å². The monoisotopic (exact) mass is 165 g/mol. The van der Waals surface area contributed by atoms with Crippen LogP contribution in [-0.4, -0.2) is 9.97 Å². The van der Waals surface area contributed by atoms with E-state index in [0.29, 0.717) is 18.3 Å². The number of nitrogens with one attached hydrogen (secondary N) is 1. The van der Waals surface area contributed by atoms with Gasteiger partial charge in [-0.3, -0.25) is 4.79 Å². The van der Waals surface area contributed by atoms with Crippen molar-refractivity contribution in [1.82, 2.24) is 9.97 Å². The molecule has 4 nitrogen and oxygen atoms in total. The molecule has 1 aliphatic carbocycles. The lowest BCUT2D eigenvalue weighted by molar-refractivity contribution is 0.848. The maximum absolute atomic E-state index is 11.1. The molecule has 1 heterocycles. The van der Waals surface area contributed by atoms with Crippen LogP contribution in [0.4, 0.5) is 0 Å². The van der Waals surface area contributed by atoms with Gasteiger partial charge in [0.25, 0.3) is 5.56 Å². The first-order valence-electron chi connectivity index (χ1n) is 4.10. The topological polar surface area (TPSA) is 71.8 Å². The highest BCUT2D eigenvalue weighted by Gasteiger charge is 2.25. The second-order valence-electron chi connectivity index (χ2n) is 3.10. The molecule has 1 fully saturated rings. The Balaban J connectivity index is 2.41. The smallest absolute Gasteiger partial charge is 0.251 e. The molecule has 64 valence electrons. The van der Waals surface area contributed by atoms with Gasteiger partial charge in [0.05, 0.1) is 12.2 Å². The quantitative estimate of drug-likeness (QED) is 0.653. The van der Waals surface area contributed by atoms with Crippen LogP contribution in [0.2, 0.25) is 0 Å². The van der Waals surface area contributed by atoms with Crippen molar-refractivity contribution in [2.75, 3.05) is 0 Å². The summed E-state index contributed by atoms with van der Waals surface area (Å²) in [5.74, 6) is 1.10. The molecule has 12 heavy (non-hydrogen) atoms. The summed E-state index contributed by atoms with van der Waals surface area (Å²) >= 11 is 0. The van der Waals surface area contributed by atoms with Gasteiger partial charge in [-0.2, -0.15) is 0 Å². The molecule has 0 radical (unpaired) electrons. The minimum Gasteiger partial charge on any atom is -0.324 e. The number of aromatic nitrogens is 2. The second kappa shape index (κ2) is 2.71. The zero-order valence-electron chi connectivity index (χ0n) is 6.71. The van der Waals surface area contributed by atoms with E-state index in [1.807, 2.05) is 0 Å². The average molecular weight is 165 g/mol. The lowest BCUT2D eigenvalue weighted by Gasteiger charge is -1.99. The predicted octanol–water partition coefficient (Wildman–Crippen LogP) is 0.106. The summed E-state index contributed by atoms with van der Waals surface area (Å²) < 4.78 is 0. The number of aromatic amines is 1. The Morgan fingerprint density at radius 2 is 2.42 bits per heavy atom. The van der Waals surface area contributed by atoms with Gasteiger partial charge in [0.15, 0.2) is 0 Å². The molecule has 1 aromatic heterocycles. The largest absolute Gasteiger partial charge is 0.324 e. The molecular weight excluding hydrogens is 154 g/mol. The SMILES string of the molecule is NCc1nc(C2CC2)cc(=O)[nH]1. The zero-order valence-corrected chi connectivity index (χ0v) is 6.71. The molecule has 0 saturated heterocycles. The van der Waals surface area contributed by atoms with Gasteiger partial charge in [-0.25, -0.2) is 4.98 Å². The molecule has 0 bridgehead atoms. The molecule has 0 aromatic carbocycles. The number of nitrogens with two attached hydrogens (primary N) is 1. The van der Waals surface area contributed by atoms with Gasteiger partial charge in [0.2, 0.25) is 0 Å². The van der Waals surface area contributed by atoms with E-state index in [0.717, 1.165) is 18.5 Å². The van der Waals surface area contributed by atoms with Crippen molar-refractivity contribution in [2.24, 2.45) is 5.73 Å². The predicted molar refractivity (Wildman–Crippen MR) is 44.7 cm³/mol. The van der Waals surface area contributed by atoms with Gasteiger partial charge in [0.1, 0.15) is 5.82 Å².